The van der Waals surface area contributed by atoms with Crippen LogP contribution in [0.5, 0.6) is 0 Å². The van der Waals surface area contributed by atoms with Gasteiger partial charge in [-0.15, -0.1) is 0 Å². The molecule has 1 fully saturated rings. The van der Waals surface area contributed by atoms with Crippen LogP contribution in [0.2, 0.25) is 0 Å². The number of Topliss-reactive ketones (excluding diaryl/α,β-unsaturated/α-hetero) is 1. The van der Waals surface area contributed by atoms with E-state index < -0.39 is 11.4 Å². The molecule has 3 nitrogen and oxygen atoms in total. The zero-order valence-electron chi connectivity index (χ0n) is 9.73. The van der Waals surface area contributed by atoms with Gasteiger partial charge >= 0.3 is 5.97 Å². The van der Waals surface area contributed by atoms with Crippen LogP contribution in [0.4, 0.5) is 0 Å². The van der Waals surface area contributed by atoms with Gasteiger partial charge in [-0.05, 0) is 17.6 Å². The molecule has 17 heavy (non-hydrogen) atoms. The first-order valence-electron chi connectivity index (χ1n) is 5.49. The molecule has 0 heterocycles. The molecule has 0 saturated heterocycles. The number of hydrogen-bond acceptors (Lipinski definition) is 3. The van der Waals surface area contributed by atoms with Gasteiger partial charge in [0.25, 0.3) is 0 Å². The van der Waals surface area contributed by atoms with Crippen molar-refractivity contribution in [2.24, 2.45) is 5.41 Å². The summed E-state index contributed by atoms with van der Waals surface area (Å²) in [4.78, 5) is 23.6. The fourth-order valence-electron chi connectivity index (χ4n) is 2.20. The maximum atomic E-state index is 11.8. The predicted octanol–water partition coefficient (Wildman–Crippen LogP) is 2.22. The molecular formula is C14H14O3. The highest BCUT2D eigenvalue weighted by molar-refractivity contribution is 6.18. The Morgan fingerprint density at radius 1 is 1.35 bits per heavy atom. The molecule has 0 N–H and O–H groups in total. The molecule has 0 amide bonds. The highest BCUT2D eigenvalue weighted by Crippen LogP contribution is 2.48. The molecule has 1 saturated carbocycles. The summed E-state index contributed by atoms with van der Waals surface area (Å²) in [5.41, 5.74) is 0.211. The van der Waals surface area contributed by atoms with Gasteiger partial charge in [0.2, 0.25) is 0 Å². The minimum Gasteiger partial charge on any atom is -0.468 e. The Labute approximate surface area is 100 Å². The van der Waals surface area contributed by atoms with Crippen molar-refractivity contribution < 1.29 is 14.3 Å². The van der Waals surface area contributed by atoms with Crippen LogP contribution in [0.3, 0.4) is 0 Å². The van der Waals surface area contributed by atoms with Gasteiger partial charge in [0.15, 0.2) is 11.2 Å². The van der Waals surface area contributed by atoms with E-state index in [9.17, 15) is 9.59 Å². The van der Waals surface area contributed by atoms with Crippen molar-refractivity contribution in [3.05, 3.63) is 42.5 Å². The normalized spacial score (nSPS) is 22.8. The van der Waals surface area contributed by atoms with Crippen molar-refractivity contribution in [1.82, 2.24) is 0 Å². The zero-order valence-corrected chi connectivity index (χ0v) is 9.73. The van der Waals surface area contributed by atoms with Gasteiger partial charge in [-0.3, -0.25) is 9.59 Å². The predicted molar refractivity (Wildman–Crippen MR) is 64.2 cm³/mol. The first-order chi connectivity index (χ1) is 8.13. The molecule has 0 radical (unpaired) electrons. The molecular weight excluding hydrogens is 216 g/mol. The Kier molecular flexibility index (Phi) is 2.84. The number of methoxy groups -OCH3 is 1. The SMILES string of the molecule is C=C(c1ccccc1)[C@]1(C(=O)OC)CCC1=O. The number of hydrogen-bond donors (Lipinski definition) is 0. The van der Waals surface area contributed by atoms with Crippen molar-refractivity contribution >= 4 is 17.3 Å². The minimum atomic E-state index is -1.14. The van der Waals surface area contributed by atoms with Crippen LogP contribution in [0, 0.1) is 5.41 Å². The maximum absolute atomic E-state index is 11.8. The number of ketones is 1. The summed E-state index contributed by atoms with van der Waals surface area (Å²) >= 11 is 0. The van der Waals surface area contributed by atoms with Crippen molar-refractivity contribution in [2.45, 2.75) is 12.8 Å². The molecule has 88 valence electrons. The van der Waals surface area contributed by atoms with Gasteiger partial charge in [0.1, 0.15) is 0 Å². The van der Waals surface area contributed by atoms with Crippen LogP contribution in [-0.2, 0) is 14.3 Å². The van der Waals surface area contributed by atoms with Crippen LogP contribution in [0.15, 0.2) is 36.9 Å². The summed E-state index contributed by atoms with van der Waals surface area (Å²) in [6.45, 7) is 3.92. The van der Waals surface area contributed by atoms with Gasteiger partial charge < -0.3 is 4.74 Å². The number of carbonyl (C=O) groups is 2. The number of benzene rings is 1. The fraction of sp³-hybridized carbons (Fsp3) is 0.286. The molecule has 1 aromatic carbocycles. The molecule has 0 spiro atoms. The highest BCUT2D eigenvalue weighted by Gasteiger charge is 2.55. The summed E-state index contributed by atoms with van der Waals surface area (Å²) in [5.74, 6) is -0.596. The van der Waals surface area contributed by atoms with Crippen LogP contribution in [0.25, 0.3) is 5.57 Å². The highest BCUT2D eigenvalue weighted by atomic mass is 16.5. The Hall–Kier alpha value is -1.90. The first-order valence-corrected chi connectivity index (χ1v) is 5.49. The zero-order chi connectivity index (χ0) is 12.5. The van der Waals surface area contributed by atoms with E-state index in [2.05, 4.69) is 6.58 Å². The average Bonchev–Trinajstić information content (AvgIpc) is 2.38. The fourth-order valence-corrected chi connectivity index (χ4v) is 2.20. The molecule has 0 unspecified atom stereocenters. The molecule has 0 bridgehead atoms. The molecule has 0 aliphatic heterocycles. The van der Waals surface area contributed by atoms with Gasteiger partial charge in [-0.2, -0.15) is 0 Å². The van der Waals surface area contributed by atoms with Gasteiger partial charge in [-0.1, -0.05) is 36.9 Å². The summed E-state index contributed by atoms with van der Waals surface area (Å²) < 4.78 is 4.75. The van der Waals surface area contributed by atoms with Gasteiger partial charge in [0.05, 0.1) is 7.11 Å². The second-order valence-corrected chi connectivity index (χ2v) is 4.16. The van der Waals surface area contributed by atoms with E-state index >= 15 is 0 Å². The Morgan fingerprint density at radius 2 is 2.00 bits per heavy atom. The van der Waals surface area contributed by atoms with E-state index in [-0.39, 0.29) is 5.78 Å². The maximum Gasteiger partial charge on any atom is 0.323 e. The largest absolute Gasteiger partial charge is 0.468 e. The first kappa shape index (κ1) is 11.6. The van der Waals surface area contributed by atoms with Crippen molar-refractivity contribution in [3.63, 3.8) is 0 Å². The lowest BCUT2D eigenvalue weighted by molar-refractivity contribution is -0.159. The van der Waals surface area contributed by atoms with E-state index in [1.165, 1.54) is 7.11 Å². The minimum absolute atomic E-state index is 0.0989. The Balaban J connectivity index is 2.40. The standard InChI is InChI=1S/C14H14O3/c1-10(11-6-4-3-5-7-11)14(13(16)17-2)9-8-12(14)15/h3-7H,1,8-9H2,2H3/t14-/m1/s1. The van der Waals surface area contributed by atoms with Crippen molar-refractivity contribution in [3.8, 4) is 0 Å². The topological polar surface area (TPSA) is 43.4 Å². The van der Waals surface area contributed by atoms with Gasteiger partial charge in [-0.25, -0.2) is 0 Å². The summed E-state index contributed by atoms with van der Waals surface area (Å²) in [7, 11) is 1.30. The number of ether oxygens (including phenoxy) is 1. The molecule has 3 heteroatoms. The third-order valence-electron chi connectivity index (χ3n) is 3.37. The van der Waals surface area contributed by atoms with Gasteiger partial charge in [0, 0.05) is 6.42 Å². The number of rotatable bonds is 3. The second-order valence-electron chi connectivity index (χ2n) is 4.16. The number of carbonyl (C=O) groups excluding carboxylic acids is 2. The van der Waals surface area contributed by atoms with Crippen LogP contribution in [0.1, 0.15) is 18.4 Å². The third-order valence-corrected chi connectivity index (χ3v) is 3.37. The monoisotopic (exact) mass is 230 g/mol. The molecule has 1 aromatic rings. The molecule has 1 aliphatic carbocycles. The average molecular weight is 230 g/mol. The molecule has 0 aromatic heterocycles. The number of esters is 1. The van der Waals surface area contributed by atoms with E-state index in [1.807, 2.05) is 30.3 Å². The van der Waals surface area contributed by atoms with Crippen LogP contribution in [-0.4, -0.2) is 18.9 Å². The lowest BCUT2D eigenvalue weighted by Crippen LogP contribution is -2.48. The summed E-state index contributed by atoms with van der Waals surface area (Å²) in [6, 6.07) is 9.28. The van der Waals surface area contributed by atoms with Crippen molar-refractivity contribution in [1.29, 1.82) is 0 Å². The Morgan fingerprint density at radius 3 is 2.41 bits per heavy atom. The summed E-state index contributed by atoms with van der Waals surface area (Å²) in [6.07, 6.45) is 0.910. The Bertz CT molecular complexity index is 476. The van der Waals surface area contributed by atoms with E-state index in [0.717, 1.165) is 5.56 Å². The van der Waals surface area contributed by atoms with E-state index in [4.69, 9.17) is 4.74 Å². The van der Waals surface area contributed by atoms with E-state index in [1.54, 1.807) is 0 Å². The quantitative estimate of drug-likeness (QED) is 0.590. The molecule has 1 atom stereocenters. The smallest absolute Gasteiger partial charge is 0.323 e. The third kappa shape index (κ3) is 1.58. The second kappa shape index (κ2) is 4.17. The lowest BCUT2D eigenvalue weighted by atomic mass is 9.62. The molecule has 1 aliphatic rings. The molecule has 2 rings (SSSR count). The van der Waals surface area contributed by atoms with Crippen LogP contribution < -0.4 is 0 Å². The van der Waals surface area contributed by atoms with E-state index in [0.29, 0.717) is 18.4 Å². The lowest BCUT2D eigenvalue weighted by Gasteiger charge is -2.38. The van der Waals surface area contributed by atoms with Crippen LogP contribution >= 0.6 is 0 Å². The summed E-state index contributed by atoms with van der Waals surface area (Å²) in [5, 5.41) is 0. The van der Waals surface area contributed by atoms with Crippen molar-refractivity contribution in [2.75, 3.05) is 7.11 Å².